The molecule has 0 aromatic heterocycles. The van der Waals surface area contributed by atoms with Gasteiger partial charge in [-0.2, -0.15) is 0 Å². The molecule has 8 nitrogen and oxygen atoms in total. The first-order valence-corrected chi connectivity index (χ1v) is 15.8. The maximum atomic E-state index is 12.3. The third kappa shape index (κ3) is 6.24. The lowest BCUT2D eigenvalue weighted by Crippen LogP contribution is -2.48. The molecule has 0 bridgehead atoms. The van der Waals surface area contributed by atoms with E-state index in [-0.39, 0.29) is 29.4 Å². The van der Waals surface area contributed by atoms with Crippen LogP contribution in [-0.4, -0.2) is 60.6 Å². The summed E-state index contributed by atoms with van der Waals surface area (Å²) in [6, 6.07) is 32.7. The molecular weight excluding hydrogens is 564 g/mol. The van der Waals surface area contributed by atoms with E-state index in [4.69, 9.17) is 4.74 Å². The first-order valence-electron chi connectivity index (χ1n) is 15.8. The number of phenolic OH excluding ortho intramolecular Hbond substituents is 1. The lowest BCUT2D eigenvalue weighted by molar-refractivity contribution is -0.133. The monoisotopic (exact) mass is 602 g/mol. The maximum absolute atomic E-state index is 12.3. The number of rotatable bonds is 7. The molecule has 7 rings (SSSR count). The van der Waals surface area contributed by atoms with Gasteiger partial charge in [-0.05, 0) is 47.4 Å². The zero-order chi connectivity index (χ0) is 30.8. The first-order chi connectivity index (χ1) is 22.0. The van der Waals surface area contributed by atoms with E-state index >= 15 is 0 Å². The third-order valence-electron chi connectivity index (χ3n) is 9.35. The number of anilines is 2. The number of imide groups is 1. The van der Waals surface area contributed by atoms with E-state index in [2.05, 4.69) is 75.0 Å². The molecule has 230 valence electrons. The quantitative estimate of drug-likeness (QED) is 0.249. The lowest BCUT2D eigenvalue weighted by atomic mass is 9.76. The van der Waals surface area contributed by atoms with Crippen molar-refractivity contribution in [1.29, 1.82) is 0 Å². The number of nitrogens with zero attached hydrogens (tertiary/aromatic N) is 2. The number of aromatic hydroxyl groups is 1. The lowest BCUT2D eigenvalue weighted by Gasteiger charge is -2.37. The van der Waals surface area contributed by atoms with E-state index in [1.165, 1.54) is 16.8 Å². The molecule has 1 unspecified atom stereocenters. The molecule has 0 radical (unpaired) electrons. The van der Waals surface area contributed by atoms with Crippen LogP contribution < -0.4 is 20.3 Å². The summed E-state index contributed by atoms with van der Waals surface area (Å²) in [5.74, 6) is 0.804. The van der Waals surface area contributed by atoms with E-state index in [0.29, 0.717) is 19.4 Å². The minimum atomic E-state index is -0.395. The molecule has 8 heteroatoms. The highest BCUT2D eigenvalue weighted by atomic mass is 16.5. The minimum absolute atomic E-state index is 0.122. The van der Waals surface area contributed by atoms with Gasteiger partial charge in [0.2, 0.25) is 11.8 Å². The van der Waals surface area contributed by atoms with Crippen LogP contribution in [0.1, 0.15) is 46.9 Å². The fraction of sp³-hybridized carbons (Fsp3) is 0.297. The number of amides is 2. The van der Waals surface area contributed by atoms with Crippen molar-refractivity contribution in [2.75, 3.05) is 43.0 Å². The van der Waals surface area contributed by atoms with Crippen molar-refractivity contribution >= 4 is 23.2 Å². The molecule has 2 amide bonds. The Kier molecular flexibility index (Phi) is 8.13. The Balaban J connectivity index is 1.02. The second-order valence-electron chi connectivity index (χ2n) is 12.2. The largest absolute Gasteiger partial charge is 0.508 e. The second kappa shape index (κ2) is 12.7. The van der Waals surface area contributed by atoms with Crippen molar-refractivity contribution in [3.05, 3.63) is 119 Å². The normalized spacial score (nSPS) is 21.9. The standard InChI is InChI=1S/C37H38N4O4/c42-29-14-15-30-34(22-29)45-24-31(25-6-2-1-3-7-25)36(30)26-10-12-28(13-11-26)41-20-18-40(19-21-41)23-27-8-4-5-9-32(27)38-33-16-17-35(43)39-37(33)44/h1-15,22,31,33,36,38,42H,16-21,23-24H2,(H,39,43,44)/t31-,33?,36-/m0/s1. The zero-order valence-electron chi connectivity index (χ0n) is 25.2. The molecule has 45 heavy (non-hydrogen) atoms. The van der Waals surface area contributed by atoms with Crippen LogP contribution in [0.5, 0.6) is 11.5 Å². The van der Waals surface area contributed by atoms with Crippen LogP contribution in [0.25, 0.3) is 0 Å². The Bertz CT molecular complexity index is 1670. The van der Waals surface area contributed by atoms with Crippen LogP contribution in [-0.2, 0) is 16.1 Å². The van der Waals surface area contributed by atoms with Gasteiger partial charge >= 0.3 is 0 Å². The van der Waals surface area contributed by atoms with Crippen LogP contribution in [0.2, 0.25) is 0 Å². The highest BCUT2D eigenvalue weighted by Crippen LogP contribution is 2.47. The van der Waals surface area contributed by atoms with E-state index < -0.39 is 6.04 Å². The van der Waals surface area contributed by atoms with Gasteiger partial charge in [0.05, 0.1) is 6.61 Å². The number of ether oxygens (including phenoxy) is 1. The van der Waals surface area contributed by atoms with Gasteiger partial charge in [0, 0.05) is 74.0 Å². The molecule has 0 aliphatic carbocycles. The predicted octanol–water partition coefficient (Wildman–Crippen LogP) is 5.24. The van der Waals surface area contributed by atoms with Gasteiger partial charge in [0.1, 0.15) is 17.5 Å². The molecule has 3 aliphatic heterocycles. The molecule has 3 aliphatic rings. The Morgan fingerprint density at radius 2 is 1.60 bits per heavy atom. The summed E-state index contributed by atoms with van der Waals surface area (Å²) in [7, 11) is 0. The fourth-order valence-electron chi connectivity index (χ4n) is 6.91. The van der Waals surface area contributed by atoms with Crippen molar-refractivity contribution in [1.82, 2.24) is 10.2 Å². The molecular formula is C37H38N4O4. The number of para-hydroxylation sites is 1. The van der Waals surface area contributed by atoms with Gasteiger partial charge in [-0.3, -0.25) is 19.8 Å². The SMILES string of the molecule is O=C1CCC(Nc2ccccc2CN2CCN(c3ccc([C@H]4c5ccc(O)cc5OC[C@H]4c4ccccc4)cc3)CC2)C(=O)N1. The van der Waals surface area contributed by atoms with E-state index in [0.717, 1.165) is 55.3 Å². The molecule has 0 spiro atoms. The van der Waals surface area contributed by atoms with E-state index in [1.807, 2.05) is 30.3 Å². The van der Waals surface area contributed by atoms with Crippen LogP contribution in [0.3, 0.4) is 0 Å². The van der Waals surface area contributed by atoms with Crippen molar-refractivity contribution in [3.8, 4) is 11.5 Å². The molecule has 3 atom stereocenters. The van der Waals surface area contributed by atoms with Gasteiger partial charge in [0.15, 0.2) is 0 Å². The number of nitrogens with one attached hydrogen (secondary N) is 2. The van der Waals surface area contributed by atoms with Gasteiger partial charge in [0.25, 0.3) is 0 Å². The highest BCUT2D eigenvalue weighted by molar-refractivity contribution is 6.01. The fourth-order valence-corrected chi connectivity index (χ4v) is 6.91. The van der Waals surface area contributed by atoms with Crippen molar-refractivity contribution in [2.24, 2.45) is 0 Å². The first kappa shape index (κ1) is 28.9. The van der Waals surface area contributed by atoms with Gasteiger partial charge in [-0.25, -0.2) is 0 Å². The predicted molar refractivity (Wildman–Crippen MR) is 175 cm³/mol. The molecule has 0 saturated carbocycles. The molecule has 3 heterocycles. The summed E-state index contributed by atoms with van der Waals surface area (Å²) in [6.45, 7) is 5.06. The Morgan fingerprint density at radius 1 is 0.844 bits per heavy atom. The number of benzene rings is 4. The number of hydrogen-bond donors (Lipinski definition) is 3. The summed E-state index contributed by atoms with van der Waals surface area (Å²) in [5, 5.41) is 15.9. The van der Waals surface area contributed by atoms with Crippen molar-refractivity contribution in [3.63, 3.8) is 0 Å². The number of carbonyl (C=O) groups excluding carboxylic acids is 2. The number of fused-ring (bicyclic) bond motifs is 1. The van der Waals surface area contributed by atoms with Crippen molar-refractivity contribution < 1.29 is 19.4 Å². The van der Waals surface area contributed by atoms with Gasteiger partial charge < -0.3 is 20.1 Å². The molecule has 2 fully saturated rings. The van der Waals surface area contributed by atoms with Crippen LogP contribution in [0, 0.1) is 0 Å². The second-order valence-corrected chi connectivity index (χ2v) is 12.2. The van der Waals surface area contributed by atoms with E-state index in [9.17, 15) is 14.7 Å². The van der Waals surface area contributed by atoms with E-state index in [1.54, 1.807) is 12.1 Å². The van der Waals surface area contributed by atoms with Crippen LogP contribution >= 0.6 is 0 Å². The number of phenols is 1. The van der Waals surface area contributed by atoms with Crippen LogP contribution in [0.15, 0.2) is 97.1 Å². The van der Waals surface area contributed by atoms with Crippen LogP contribution in [0.4, 0.5) is 11.4 Å². The molecule has 4 aromatic rings. The summed E-state index contributed by atoms with van der Waals surface area (Å²) in [5.41, 5.74) is 6.90. The Labute approximate surface area is 263 Å². The Hall–Kier alpha value is -4.82. The van der Waals surface area contributed by atoms with Crippen molar-refractivity contribution in [2.45, 2.75) is 37.3 Å². The summed E-state index contributed by atoms with van der Waals surface area (Å²) >= 11 is 0. The average molecular weight is 603 g/mol. The van der Waals surface area contributed by atoms with Gasteiger partial charge in [-0.15, -0.1) is 0 Å². The zero-order valence-corrected chi connectivity index (χ0v) is 25.2. The number of piperidine rings is 1. The summed E-state index contributed by atoms with van der Waals surface area (Å²) < 4.78 is 6.14. The maximum Gasteiger partial charge on any atom is 0.249 e. The molecule has 2 saturated heterocycles. The number of carbonyl (C=O) groups is 2. The highest BCUT2D eigenvalue weighted by Gasteiger charge is 2.34. The smallest absolute Gasteiger partial charge is 0.249 e. The number of hydrogen-bond acceptors (Lipinski definition) is 7. The third-order valence-corrected chi connectivity index (χ3v) is 9.35. The molecule has 4 aromatic carbocycles. The minimum Gasteiger partial charge on any atom is -0.508 e. The number of piperazine rings is 1. The van der Waals surface area contributed by atoms with Gasteiger partial charge in [-0.1, -0.05) is 66.7 Å². The Morgan fingerprint density at radius 3 is 2.38 bits per heavy atom. The summed E-state index contributed by atoms with van der Waals surface area (Å²) in [6.07, 6.45) is 0.864. The average Bonchev–Trinajstić information content (AvgIpc) is 3.07. The topological polar surface area (TPSA) is 94.1 Å². The molecule has 3 N–H and O–H groups in total. The summed E-state index contributed by atoms with van der Waals surface area (Å²) in [4.78, 5) is 28.8.